The highest BCUT2D eigenvalue weighted by molar-refractivity contribution is 5.00. The molecule has 2 rings (SSSR count). The van der Waals surface area contributed by atoms with Crippen LogP contribution in [0.4, 0.5) is 0 Å². The summed E-state index contributed by atoms with van der Waals surface area (Å²) in [6.07, 6.45) is -0.285. The number of ether oxygens (including phenoxy) is 3. The first-order chi connectivity index (χ1) is 6.27. The van der Waals surface area contributed by atoms with Crippen LogP contribution in [0.25, 0.3) is 0 Å². The van der Waals surface area contributed by atoms with Crippen molar-refractivity contribution in [3.63, 3.8) is 0 Å². The predicted molar refractivity (Wildman–Crippen MR) is 42.9 cm³/mol. The minimum atomic E-state index is -0.298. The molecule has 0 spiro atoms. The minimum absolute atomic E-state index is 0.00685. The Morgan fingerprint density at radius 3 is 3.25 bits per heavy atom. The van der Waals surface area contributed by atoms with Crippen molar-refractivity contribution in [1.82, 2.24) is 5.31 Å². The van der Waals surface area contributed by atoms with Gasteiger partial charge in [-0.25, -0.2) is 0 Å². The predicted octanol–water partition coefficient (Wildman–Crippen LogP) is -0.265. The second kappa shape index (κ2) is 3.30. The van der Waals surface area contributed by atoms with Gasteiger partial charge in [-0.15, -0.1) is 0 Å². The van der Waals surface area contributed by atoms with Crippen LogP contribution in [-0.2, 0) is 14.2 Å². The van der Waals surface area contributed by atoms with E-state index in [1.54, 1.807) is 7.11 Å². The van der Waals surface area contributed by atoms with E-state index in [2.05, 4.69) is 0 Å². The number of nitrogens with one attached hydrogen (secondary N) is 1. The Morgan fingerprint density at radius 2 is 2.58 bits per heavy atom. The third-order valence-electron chi connectivity index (χ3n) is 2.38. The molecule has 0 aromatic rings. The van der Waals surface area contributed by atoms with E-state index in [4.69, 9.17) is 15.6 Å². The summed E-state index contributed by atoms with van der Waals surface area (Å²) in [6, 6.07) is -0.0602. The van der Waals surface area contributed by atoms with E-state index in [-0.39, 0.29) is 24.5 Å². The number of fused-ring (bicyclic) bond motifs is 2. The maximum absolute atomic E-state index is 7.66. The summed E-state index contributed by atoms with van der Waals surface area (Å²) in [5, 5.41) is 1.50. The van der Waals surface area contributed by atoms with Crippen molar-refractivity contribution in [3.05, 3.63) is 0 Å². The van der Waals surface area contributed by atoms with E-state index < -0.39 is 0 Å². The molecule has 1 N–H and O–H groups in total. The number of hydrogen-bond acceptors (Lipinski definition) is 4. The summed E-state index contributed by atoms with van der Waals surface area (Å²) in [6.45, 7) is 3.23. The van der Waals surface area contributed by atoms with Crippen molar-refractivity contribution in [2.45, 2.75) is 31.5 Å². The zero-order valence-electron chi connectivity index (χ0n) is 8.40. The third kappa shape index (κ3) is 1.15. The lowest BCUT2D eigenvalue weighted by atomic mass is 10.2. The molecule has 2 aliphatic heterocycles. The second-order valence-corrected chi connectivity index (χ2v) is 3.05. The van der Waals surface area contributed by atoms with Crippen LogP contribution in [0.2, 0.25) is 1.41 Å². The molecular weight excluding hydrogens is 158 g/mol. The van der Waals surface area contributed by atoms with Crippen LogP contribution in [-0.4, -0.2) is 44.8 Å². The Kier molecular flexibility index (Phi) is 2.00. The van der Waals surface area contributed by atoms with Gasteiger partial charge in [0.05, 0.1) is 6.04 Å². The first-order valence-electron chi connectivity index (χ1n) is 4.78. The maximum atomic E-state index is 7.66. The van der Waals surface area contributed by atoms with E-state index in [0.29, 0.717) is 13.2 Å². The van der Waals surface area contributed by atoms with Gasteiger partial charge in [0, 0.05) is 20.3 Å². The second-order valence-electron chi connectivity index (χ2n) is 3.05. The highest BCUT2D eigenvalue weighted by Gasteiger charge is 2.50. The molecular formula is C8H15NO3. The maximum Gasteiger partial charge on any atom is 0.175 e. The monoisotopic (exact) mass is 174 g/mol. The van der Waals surface area contributed by atoms with Gasteiger partial charge in [-0.2, -0.15) is 0 Å². The minimum Gasteiger partial charge on any atom is -0.374 e. The highest BCUT2D eigenvalue weighted by atomic mass is 16.7. The van der Waals surface area contributed by atoms with Crippen molar-refractivity contribution >= 4 is 0 Å². The standard InChI is InChI=1S/C8H15NO3/c1-3-11-7-5-4-9-6(7)8(10-2)12-5/h5-9H,3-4H2,1-2H3/t5-,6+,7+,8?/m1/s1/i/hD. The van der Waals surface area contributed by atoms with Gasteiger partial charge in [-0.3, -0.25) is 0 Å². The van der Waals surface area contributed by atoms with E-state index in [0.717, 1.165) is 0 Å². The van der Waals surface area contributed by atoms with Crippen LogP contribution in [0.15, 0.2) is 0 Å². The Balaban J connectivity index is 2.06. The molecule has 2 saturated heterocycles. The first kappa shape index (κ1) is 7.26. The fourth-order valence-corrected chi connectivity index (χ4v) is 1.86. The molecule has 4 heteroatoms. The van der Waals surface area contributed by atoms with E-state index in [1.807, 2.05) is 6.92 Å². The Morgan fingerprint density at radius 1 is 1.75 bits per heavy atom. The molecule has 70 valence electrons. The summed E-state index contributed by atoms with van der Waals surface area (Å²) in [7, 11) is 1.60. The summed E-state index contributed by atoms with van der Waals surface area (Å²) in [4.78, 5) is 0. The van der Waals surface area contributed by atoms with Gasteiger partial charge in [0.2, 0.25) is 0 Å². The Hall–Kier alpha value is -0.160. The molecule has 2 heterocycles. The lowest BCUT2D eigenvalue weighted by Gasteiger charge is -2.20. The third-order valence-corrected chi connectivity index (χ3v) is 2.38. The fourth-order valence-electron chi connectivity index (χ4n) is 1.86. The molecule has 4 atom stereocenters. The van der Waals surface area contributed by atoms with E-state index in [1.165, 1.54) is 5.31 Å². The van der Waals surface area contributed by atoms with Crippen LogP contribution in [0.1, 0.15) is 6.92 Å². The van der Waals surface area contributed by atoms with Crippen molar-refractivity contribution < 1.29 is 15.6 Å². The van der Waals surface area contributed by atoms with Crippen LogP contribution in [0, 0.1) is 0 Å². The average Bonchev–Trinajstić information content (AvgIpc) is 2.59. The van der Waals surface area contributed by atoms with Crippen molar-refractivity contribution in [2.75, 3.05) is 20.3 Å². The highest BCUT2D eigenvalue weighted by Crippen LogP contribution is 2.28. The van der Waals surface area contributed by atoms with Crippen molar-refractivity contribution in [1.29, 1.82) is 0 Å². The molecule has 2 aliphatic rings. The number of methoxy groups -OCH3 is 1. The SMILES string of the molecule is [2H]N1C[C@H]2OC(OC)[C@@H]1[C@H]2OCC. The fraction of sp³-hybridized carbons (Fsp3) is 1.00. The topological polar surface area (TPSA) is 39.7 Å². The first-order valence-corrected chi connectivity index (χ1v) is 4.33. The Labute approximate surface area is 73.6 Å². The number of rotatable bonds is 3. The smallest absolute Gasteiger partial charge is 0.175 e. The van der Waals surface area contributed by atoms with Gasteiger partial charge in [-0.05, 0) is 6.92 Å². The number of hydrogen-bond donors (Lipinski definition) is 1. The van der Waals surface area contributed by atoms with Crippen LogP contribution < -0.4 is 5.31 Å². The largest absolute Gasteiger partial charge is 0.374 e. The zero-order valence-corrected chi connectivity index (χ0v) is 7.40. The Bertz CT molecular complexity index is 192. The number of morpholine rings is 1. The van der Waals surface area contributed by atoms with Gasteiger partial charge in [0.1, 0.15) is 13.6 Å². The lowest BCUT2D eigenvalue weighted by Crippen LogP contribution is -2.42. The summed E-state index contributed by atoms with van der Waals surface area (Å²) in [5.74, 6) is 0. The molecule has 2 bridgehead atoms. The molecule has 4 nitrogen and oxygen atoms in total. The average molecular weight is 174 g/mol. The van der Waals surface area contributed by atoms with Gasteiger partial charge in [0.15, 0.2) is 6.29 Å². The molecule has 0 radical (unpaired) electrons. The van der Waals surface area contributed by atoms with Crippen LogP contribution in [0.3, 0.4) is 0 Å². The molecule has 1 unspecified atom stereocenters. The molecule has 0 saturated carbocycles. The molecule has 0 aliphatic carbocycles. The van der Waals surface area contributed by atoms with Crippen molar-refractivity contribution in [3.8, 4) is 0 Å². The van der Waals surface area contributed by atoms with E-state index >= 15 is 0 Å². The molecule has 2 fully saturated rings. The molecule has 12 heavy (non-hydrogen) atoms. The van der Waals surface area contributed by atoms with Crippen molar-refractivity contribution in [2.24, 2.45) is 0 Å². The normalized spacial score (nSPS) is 48.3. The summed E-state index contributed by atoms with van der Waals surface area (Å²) < 4.78 is 23.8. The van der Waals surface area contributed by atoms with Gasteiger partial charge in [0.25, 0.3) is 0 Å². The molecule has 0 amide bonds. The van der Waals surface area contributed by atoms with Gasteiger partial charge in [-0.1, -0.05) is 0 Å². The quantitative estimate of drug-likeness (QED) is 0.639. The van der Waals surface area contributed by atoms with Gasteiger partial charge < -0.3 is 19.5 Å². The van der Waals surface area contributed by atoms with Crippen LogP contribution in [0.5, 0.6) is 0 Å². The van der Waals surface area contributed by atoms with Crippen LogP contribution >= 0.6 is 0 Å². The summed E-state index contributed by atoms with van der Waals surface area (Å²) >= 11 is 0. The lowest BCUT2D eigenvalue weighted by molar-refractivity contribution is -0.139. The zero-order chi connectivity index (χ0) is 9.42. The van der Waals surface area contributed by atoms with Gasteiger partial charge >= 0.3 is 0 Å². The van der Waals surface area contributed by atoms with E-state index in [9.17, 15) is 0 Å². The molecule has 0 aromatic carbocycles. The summed E-state index contributed by atoms with van der Waals surface area (Å²) in [5.41, 5.74) is 0. The molecule has 0 aromatic heterocycles.